The van der Waals surface area contributed by atoms with E-state index in [2.05, 4.69) is 9.37 Å². The van der Waals surface area contributed by atoms with E-state index in [9.17, 15) is 26.6 Å². The van der Waals surface area contributed by atoms with Gasteiger partial charge in [-0.1, -0.05) is 21.6 Å². The van der Waals surface area contributed by atoms with Crippen LogP contribution < -0.4 is 70.1 Å². The summed E-state index contributed by atoms with van der Waals surface area (Å²) in [5.74, 6) is 0. The molecule has 0 radical (unpaired) electrons. The largest absolute Gasteiger partial charge is 1.00 e. The monoisotopic (exact) mass is 595 g/mol. The Morgan fingerprint density at radius 3 is 1.51 bits per heavy atom. The number of benzene rings is 3. The molecule has 0 heterocycles. The maximum atomic E-state index is 10.8. The molecule has 0 fully saturated rings. The van der Waals surface area contributed by atoms with Gasteiger partial charge in [-0.05, 0) is 72.8 Å². The van der Waals surface area contributed by atoms with E-state index in [0.29, 0.717) is 5.69 Å². The molecule has 0 bridgehead atoms. The van der Waals surface area contributed by atoms with Gasteiger partial charge in [0.15, 0.2) is 0 Å². The summed E-state index contributed by atoms with van der Waals surface area (Å²) in [6.45, 7) is 0. The molecule has 0 spiro atoms. The van der Waals surface area contributed by atoms with Crippen LogP contribution in [0, 0.1) is 0 Å². The third-order valence-electron chi connectivity index (χ3n) is 3.51. The Morgan fingerprint density at radius 2 is 1.11 bits per heavy atom. The Labute approximate surface area is 259 Å². The second kappa shape index (κ2) is 16.9. The number of hydrogen-bond donors (Lipinski definition) is 2. The Bertz CT molecular complexity index is 1240. The first-order valence-electron chi connectivity index (χ1n) is 8.46. The van der Waals surface area contributed by atoms with Gasteiger partial charge in [-0.3, -0.25) is 9.59 Å². The topological polar surface area (TPSA) is 179 Å². The fourth-order valence-corrected chi connectivity index (χ4v) is 5.24. The van der Waals surface area contributed by atoms with Gasteiger partial charge in [0.2, 0.25) is 0 Å². The SMILES string of the molecule is Nc1ccc(S(=O)(=O)O)cc1.O=S(=O)([O-])c1ccc(SSc2ccc(SOO[O-])cc2)cc1.[Na+].[Na+]. The van der Waals surface area contributed by atoms with Crippen LogP contribution >= 0.6 is 33.6 Å². The summed E-state index contributed by atoms with van der Waals surface area (Å²) in [5, 5.41) is 13.0. The molecular formula is C18H15NNa2O9S5. The zero-order chi connectivity index (χ0) is 24.5. The number of nitrogens with two attached hydrogens (primary N) is 1. The molecule has 0 saturated carbocycles. The summed E-state index contributed by atoms with van der Waals surface area (Å²) in [6.07, 6.45) is 0. The van der Waals surface area contributed by atoms with Crippen molar-refractivity contribution in [3.05, 3.63) is 72.8 Å². The first-order valence-corrected chi connectivity index (χ1v) is 14.2. The third-order valence-corrected chi connectivity index (χ3v) is 8.23. The minimum Gasteiger partial charge on any atom is -0.744 e. The predicted molar refractivity (Wildman–Crippen MR) is 121 cm³/mol. The molecule has 0 aliphatic heterocycles. The molecule has 3 aromatic carbocycles. The average Bonchev–Trinajstić information content (AvgIpc) is 2.77. The molecule has 0 unspecified atom stereocenters. The predicted octanol–water partition coefficient (Wildman–Crippen LogP) is -2.86. The molecule has 3 N–H and O–H groups in total. The van der Waals surface area contributed by atoms with Gasteiger partial charge in [0.1, 0.15) is 10.1 Å². The van der Waals surface area contributed by atoms with Gasteiger partial charge >= 0.3 is 59.1 Å². The van der Waals surface area contributed by atoms with E-state index in [0.717, 1.165) is 26.7 Å². The molecule has 10 nitrogen and oxygen atoms in total. The maximum Gasteiger partial charge on any atom is 1.00 e. The van der Waals surface area contributed by atoms with E-state index in [1.807, 2.05) is 12.1 Å². The van der Waals surface area contributed by atoms with Crippen molar-refractivity contribution in [2.24, 2.45) is 0 Å². The molecule has 0 amide bonds. The van der Waals surface area contributed by atoms with Crippen LogP contribution in [-0.2, 0) is 29.6 Å². The van der Waals surface area contributed by atoms with Crippen LogP contribution in [0.3, 0.4) is 0 Å². The summed E-state index contributed by atoms with van der Waals surface area (Å²) in [6, 6.07) is 18.2. The van der Waals surface area contributed by atoms with E-state index in [1.165, 1.54) is 58.0 Å². The molecule has 0 atom stereocenters. The van der Waals surface area contributed by atoms with Crippen LogP contribution in [-0.4, -0.2) is 25.9 Å². The number of rotatable bonds is 8. The molecular weight excluding hydrogens is 581 g/mol. The van der Waals surface area contributed by atoms with Gasteiger partial charge in [0.25, 0.3) is 10.1 Å². The second-order valence-electron chi connectivity index (χ2n) is 5.83. The molecule has 178 valence electrons. The zero-order valence-electron chi connectivity index (χ0n) is 18.3. The fourth-order valence-electron chi connectivity index (χ4n) is 2.00. The van der Waals surface area contributed by atoms with E-state index >= 15 is 0 Å². The number of anilines is 1. The van der Waals surface area contributed by atoms with Crippen LogP contribution in [0.1, 0.15) is 0 Å². The van der Waals surface area contributed by atoms with E-state index in [4.69, 9.17) is 10.3 Å². The standard InChI is InChI=1S/C12H10O6S4.C6H7NO3S.2Na/c13-17-18-19-9-1-3-10(4-2-9)20-21-11-5-7-12(8-6-11)22(14,15)16;7-5-1-3-6(4-2-5)11(8,9)10;;/h1-8,13H,(H,14,15,16);1-4H,7H2,(H,8,9,10);;/q;;2*+1/p-2. The van der Waals surface area contributed by atoms with Crippen molar-refractivity contribution in [3.63, 3.8) is 0 Å². The van der Waals surface area contributed by atoms with Crippen LogP contribution in [0.5, 0.6) is 0 Å². The van der Waals surface area contributed by atoms with Crippen molar-refractivity contribution in [1.29, 1.82) is 0 Å². The third kappa shape index (κ3) is 13.5. The van der Waals surface area contributed by atoms with Gasteiger partial charge in [-0.15, -0.1) is 0 Å². The van der Waals surface area contributed by atoms with Gasteiger partial charge < -0.3 is 15.5 Å². The minimum absolute atomic E-state index is 0. The van der Waals surface area contributed by atoms with Gasteiger partial charge in [-0.2, -0.15) is 12.8 Å². The quantitative estimate of drug-likeness (QED) is 0.0517. The van der Waals surface area contributed by atoms with Crippen molar-refractivity contribution in [1.82, 2.24) is 0 Å². The first-order chi connectivity index (χ1) is 15.5. The van der Waals surface area contributed by atoms with Crippen molar-refractivity contribution in [2.75, 3.05) is 5.73 Å². The second-order valence-corrected chi connectivity index (χ2v) is 11.7. The molecule has 3 rings (SSSR count). The minimum atomic E-state index is -4.41. The van der Waals surface area contributed by atoms with Gasteiger partial charge in [0.05, 0.1) is 21.8 Å². The van der Waals surface area contributed by atoms with Crippen molar-refractivity contribution in [2.45, 2.75) is 24.5 Å². The van der Waals surface area contributed by atoms with Crippen LogP contribution in [0.4, 0.5) is 5.69 Å². The molecule has 35 heavy (non-hydrogen) atoms. The molecule has 3 aromatic rings. The van der Waals surface area contributed by atoms with Crippen LogP contribution in [0.25, 0.3) is 0 Å². The summed E-state index contributed by atoms with van der Waals surface area (Å²) in [4.78, 5) is 2.10. The molecule has 0 aliphatic rings. The van der Waals surface area contributed by atoms with Gasteiger partial charge in [-0.25, -0.2) is 8.42 Å². The molecule has 17 heteroatoms. The van der Waals surface area contributed by atoms with E-state index in [-0.39, 0.29) is 68.9 Å². The Morgan fingerprint density at radius 1 is 0.714 bits per heavy atom. The number of nitrogen functional groups attached to an aromatic ring is 1. The summed E-state index contributed by atoms with van der Waals surface area (Å²) in [5.41, 5.74) is 5.75. The summed E-state index contributed by atoms with van der Waals surface area (Å²) in [7, 11) is -5.60. The smallest absolute Gasteiger partial charge is 0.744 e. The van der Waals surface area contributed by atoms with Crippen molar-refractivity contribution >= 4 is 59.6 Å². The zero-order valence-corrected chi connectivity index (χ0v) is 26.3. The maximum absolute atomic E-state index is 10.8. The fraction of sp³-hybridized carbons (Fsp3) is 0. The van der Waals surface area contributed by atoms with Crippen molar-refractivity contribution < 1.29 is 99.7 Å². The van der Waals surface area contributed by atoms with Crippen LogP contribution in [0.15, 0.2) is 97.3 Å². The Kier molecular flexibility index (Phi) is 17.0. The van der Waals surface area contributed by atoms with Crippen molar-refractivity contribution in [3.8, 4) is 0 Å². The molecule has 0 aromatic heterocycles. The van der Waals surface area contributed by atoms with Gasteiger partial charge in [0, 0.05) is 20.4 Å². The summed E-state index contributed by atoms with van der Waals surface area (Å²) < 4.78 is 66.1. The average molecular weight is 596 g/mol. The summed E-state index contributed by atoms with van der Waals surface area (Å²) >= 11 is 0.810. The number of hydrogen-bond acceptors (Lipinski definition) is 12. The molecule has 0 aliphatic carbocycles. The Balaban J connectivity index is 0.000000757. The normalized spacial score (nSPS) is 10.8. The first kappa shape index (κ1) is 35.2. The molecule has 0 saturated heterocycles. The van der Waals surface area contributed by atoms with E-state index < -0.39 is 20.2 Å². The Hall–Kier alpha value is 0.210. The van der Waals surface area contributed by atoms with E-state index in [1.54, 1.807) is 24.3 Å². The van der Waals surface area contributed by atoms with Crippen LogP contribution in [0.2, 0.25) is 0 Å².